The number of urea groups is 1. The van der Waals surface area contributed by atoms with Crippen LogP contribution in [0.4, 0.5) is 4.79 Å². The molecule has 0 spiro atoms. The van der Waals surface area contributed by atoms with Crippen molar-refractivity contribution in [3.8, 4) is 0 Å². The Morgan fingerprint density at radius 2 is 2.29 bits per heavy atom. The molecule has 1 aromatic rings. The number of amides is 2. The summed E-state index contributed by atoms with van der Waals surface area (Å²) >= 11 is 0. The molecule has 0 aromatic carbocycles. The van der Waals surface area contributed by atoms with Crippen molar-refractivity contribution in [2.75, 3.05) is 19.6 Å². The average molecular weight is 240 g/mol. The van der Waals surface area contributed by atoms with Gasteiger partial charge in [-0.25, -0.2) is 4.79 Å². The Morgan fingerprint density at radius 3 is 2.82 bits per heavy atom. The van der Waals surface area contributed by atoms with Crippen molar-refractivity contribution in [1.82, 2.24) is 10.2 Å². The predicted molar refractivity (Wildman–Crippen MR) is 60.7 cm³/mol. The highest BCUT2D eigenvalue weighted by Gasteiger charge is 2.13. The zero-order chi connectivity index (χ0) is 12.7. The zero-order valence-corrected chi connectivity index (χ0v) is 9.68. The molecule has 0 saturated heterocycles. The molecule has 0 aliphatic carbocycles. The minimum Gasteiger partial charge on any atom is -0.480 e. The highest BCUT2D eigenvalue weighted by molar-refractivity contribution is 5.79. The van der Waals surface area contributed by atoms with Crippen molar-refractivity contribution in [3.05, 3.63) is 24.2 Å². The van der Waals surface area contributed by atoms with E-state index in [0.717, 1.165) is 5.76 Å². The van der Waals surface area contributed by atoms with E-state index in [-0.39, 0.29) is 12.6 Å². The number of furan rings is 1. The maximum absolute atomic E-state index is 11.6. The smallest absolute Gasteiger partial charge is 0.323 e. The third-order valence-electron chi connectivity index (χ3n) is 2.22. The fraction of sp³-hybridized carbons (Fsp3) is 0.455. The molecule has 17 heavy (non-hydrogen) atoms. The molecule has 94 valence electrons. The number of hydrogen-bond donors (Lipinski definition) is 2. The summed E-state index contributed by atoms with van der Waals surface area (Å²) in [5.41, 5.74) is 0. The van der Waals surface area contributed by atoms with E-state index >= 15 is 0 Å². The second kappa shape index (κ2) is 6.57. The Labute approximate surface area is 99.2 Å². The van der Waals surface area contributed by atoms with Gasteiger partial charge >= 0.3 is 12.0 Å². The van der Waals surface area contributed by atoms with Gasteiger partial charge in [0.1, 0.15) is 12.3 Å². The van der Waals surface area contributed by atoms with E-state index < -0.39 is 5.97 Å². The first-order chi connectivity index (χ1) is 8.13. The molecule has 0 aliphatic heterocycles. The summed E-state index contributed by atoms with van der Waals surface area (Å²) in [6, 6.07) is 3.22. The molecule has 2 amide bonds. The van der Waals surface area contributed by atoms with Gasteiger partial charge in [-0.2, -0.15) is 0 Å². The second-order valence-electron chi connectivity index (χ2n) is 3.47. The number of likely N-dealkylation sites (N-methyl/N-ethyl adjacent to an activating group) is 1. The molecular formula is C11H16N2O4. The largest absolute Gasteiger partial charge is 0.480 e. The fourth-order valence-corrected chi connectivity index (χ4v) is 1.35. The fourth-order valence-electron chi connectivity index (χ4n) is 1.35. The van der Waals surface area contributed by atoms with Gasteiger partial charge in [-0.3, -0.25) is 4.79 Å². The van der Waals surface area contributed by atoms with Crippen LogP contribution >= 0.6 is 0 Å². The molecule has 6 nitrogen and oxygen atoms in total. The van der Waals surface area contributed by atoms with Crippen LogP contribution in [0, 0.1) is 0 Å². The van der Waals surface area contributed by atoms with E-state index in [1.54, 1.807) is 19.3 Å². The molecule has 0 aliphatic rings. The first kappa shape index (κ1) is 13.1. The normalized spacial score (nSPS) is 9.94. The van der Waals surface area contributed by atoms with Gasteiger partial charge in [-0.1, -0.05) is 0 Å². The third-order valence-corrected chi connectivity index (χ3v) is 2.22. The Balaban J connectivity index is 2.29. The summed E-state index contributed by atoms with van der Waals surface area (Å²) < 4.78 is 5.11. The minimum atomic E-state index is -1.02. The number of hydrogen-bond acceptors (Lipinski definition) is 3. The van der Waals surface area contributed by atoms with Crippen LogP contribution in [0.3, 0.4) is 0 Å². The zero-order valence-electron chi connectivity index (χ0n) is 9.68. The summed E-state index contributed by atoms with van der Waals surface area (Å²) in [5, 5.41) is 11.2. The van der Waals surface area contributed by atoms with E-state index in [1.165, 1.54) is 4.90 Å². The van der Waals surface area contributed by atoms with Crippen molar-refractivity contribution in [2.45, 2.75) is 13.3 Å². The van der Waals surface area contributed by atoms with E-state index in [2.05, 4.69) is 5.32 Å². The van der Waals surface area contributed by atoms with Crippen LogP contribution in [0.5, 0.6) is 0 Å². The van der Waals surface area contributed by atoms with Crippen LogP contribution in [0.15, 0.2) is 22.8 Å². The number of carbonyl (C=O) groups is 2. The average Bonchev–Trinajstić information content (AvgIpc) is 2.78. The van der Waals surface area contributed by atoms with E-state index in [4.69, 9.17) is 9.52 Å². The molecule has 0 bridgehead atoms. The highest BCUT2D eigenvalue weighted by Crippen LogP contribution is 1.99. The first-order valence-corrected chi connectivity index (χ1v) is 5.40. The lowest BCUT2D eigenvalue weighted by atomic mass is 10.3. The van der Waals surface area contributed by atoms with Gasteiger partial charge in [0.2, 0.25) is 0 Å². The molecule has 0 saturated carbocycles. The van der Waals surface area contributed by atoms with Crippen LogP contribution in [0.25, 0.3) is 0 Å². The van der Waals surface area contributed by atoms with Crippen molar-refractivity contribution in [2.24, 2.45) is 0 Å². The number of nitrogens with one attached hydrogen (secondary N) is 1. The van der Waals surface area contributed by atoms with Gasteiger partial charge < -0.3 is 19.7 Å². The van der Waals surface area contributed by atoms with E-state index in [1.807, 2.05) is 6.07 Å². The summed E-state index contributed by atoms with van der Waals surface area (Å²) in [5.74, 6) is -0.236. The number of carbonyl (C=O) groups excluding carboxylic acids is 1. The Kier molecular flexibility index (Phi) is 5.06. The number of carboxylic acid groups (broad SMARTS) is 1. The van der Waals surface area contributed by atoms with Gasteiger partial charge in [-0.15, -0.1) is 0 Å². The highest BCUT2D eigenvalue weighted by atomic mass is 16.4. The quantitative estimate of drug-likeness (QED) is 0.775. The van der Waals surface area contributed by atoms with Crippen molar-refractivity contribution in [3.63, 3.8) is 0 Å². The van der Waals surface area contributed by atoms with Gasteiger partial charge in [0.25, 0.3) is 0 Å². The van der Waals surface area contributed by atoms with Crippen LogP contribution < -0.4 is 5.32 Å². The first-order valence-electron chi connectivity index (χ1n) is 5.40. The molecule has 0 atom stereocenters. The van der Waals surface area contributed by atoms with Gasteiger partial charge in [-0.05, 0) is 19.1 Å². The molecule has 0 fully saturated rings. The number of carboxylic acids is 1. The van der Waals surface area contributed by atoms with Gasteiger partial charge in [0, 0.05) is 19.5 Å². The maximum Gasteiger partial charge on any atom is 0.323 e. The Hall–Kier alpha value is -1.98. The van der Waals surface area contributed by atoms with Crippen LogP contribution in [-0.4, -0.2) is 41.6 Å². The molecule has 1 aromatic heterocycles. The number of rotatable bonds is 6. The molecule has 0 radical (unpaired) electrons. The molecule has 0 unspecified atom stereocenters. The topological polar surface area (TPSA) is 82.8 Å². The van der Waals surface area contributed by atoms with Crippen molar-refractivity contribution >= 4 is 12.0 Å². The van der Waals surface area contributed by atoms with Crippen LogP contribution in [0.1, 0.15) is 12.7 Å². The lowest BCUT2D eigenvalue weighted by molar-refractivity contribution is -0.137. The molecule has 1 rings (SSSR count). The number of nitrogens with zero attached hydrogens (tertiary/aromatic N) is 1. The minimum absolute atomic E-state index is 0.289. The molecule has 1 heterocycles. The van der Waals surface area contributed by atoms with Crippen molar-refractivity contribution in [1.29, 1.82) is 0 Å². The van der Waals surface area contributed by atoms with Gasteiger partial charge in [0.05, 0.1) is 6.26 Å². The summed E-state index contributed by atoms with van der Waals surface area (Å²) in [6.07, 6.45) is 2.16. The monoisotopic (exact) mass is 240 g/mol. The van der Waals surface area contributed by atoms with Crippen LogP contribution in [-0.2, 0) is 11.2 Å². The van der Waals surface area contributed by atoms with Crippen LogP contribution in [0.2, 0.25) is 0 Å². The maximum atomic E-state index is 11.6. The Bertz CT molecular complexity index is 362. The molecular weight excluding hydrogens is 224 g/mol. The lowest BCUT2D eigenvalue weighted by Crippen LogP contribution is -2.43. The van der Waals surface area contributed by atoms with E-state index in [0.29, 0.717) is 19.5 Å². The van der Waals surface area contributed by atoms with E-state index in [9.17, 15) is 9.59 Å². The Morgan fingerprint density at radius 1 is 1.53 bits per heavy atom. The summed E-state index contributed by atoms with van der Waals surface area (Å²) in [7, 11) is 0. The molecule has 6 heteroatoms. The summed E-state index contributed by atoms with van der Waals surface area (Å²) in [4.78, 5) is 23.3. The molecule has 2 N–H and O–H groups in total. The summed E-state index contributed by atoms with van der Waals surface area (Å²) in [6.45, 7) is 2.22. The van der Waals surface area contributed by atoms with Gasteiger partial charge in [0.15, 0.2) is 0 Å². The third kappa shape index (κ3) is 4.58. The second-order valence-corrected chi connectivity index (χ2v) is 3.47. The standard InChI is InChI=1S/C11H16N2O4/c1-2-13(8-10(14)15)11(16)12-6-5-9-4-3-7-17-9/h3-4,7H,2,5-6,8H2,1H3,(H,12,16)(H,14,15). The predicted octanol–water partition coefficient (Wildman–Crippen LogP) is 0.938. The number of aliphatic carboxylic acids is 1. The lowest BCUT2D eigenvalue weighted by Gasteiger charge is -2.18. The van der Waals surface area contributed by atoms with Crippen molar-refractivity contribution < 1.29 is 19.1 Å². The SMILES string of the molecule is CCN(CC(=O)O)C(=O)NCCc1ccco1.